The van der Waals surface area contributed by atoms with Crippen molar-refractivity contribution in [3.63, 3.8) is 0 Å². The van der Waals surface area contributed by atoms with Crippen molar-refractivity contribution in [3.05, 3.63) is 60.5 Å². The van der Waals surface area contributed by atoms with E-state index >= 15 is 0 Å². The van der Waals surface area contributed by atoms with Gasteiger partial charge in [0.05, 0.1) is 13.7 Å². The number of para-hydroxylation sites is 1. The highest BCUT2D eigenvalue weighted by atomic mass is 16.5. The second kappa shape index (κ2) is 9.54. The molecule has 1 saturated heterocycles. The molecule has 1 aliphatic rings. The lowest BCUT2D eigenvalue weighted by atomic mass is 10.2. The Hall–Kier alpha value is -2.90. The van der Waals surface area contributed by atoms with E-state index in [9.17, 15) is 0 Å². The van der Waals surface area contributed by atoms with Crippen LogP contribution in [0.25, 0.3) is 11.4 Å². The molecule has 2 heterocycles. The van der Waals surface area contributed by atoms with Gasteiger partial charge in [0, 0.05) is 38.3 Å². The summed E-state index contributed by atoms with van der Waals surface area (Å²) in [5.74, 6) is 2.94. The monoisotopic (exact) mass is 394 g/mol. The highest BCUT2D eigenvalue weighted by molar-refractivity contribution is 5.56. The molecule has 4 rings (SSSR count). The van der Waals surface area contributed by atoms with Crippen LogP contribution in [0, 0.1) is 0 Å². The first-order chi connectivity index (χ1) is 14.3. The molecular weight excluding hydrogens is 368 g/mol. The van der Waals surface area contributed by atoms with E-state index in [0.29, 0.717) is 24.9 Å². The zero-order valence-corrected chi connectivity index (χ0v) is 16.7. The summed E-state index contributed by atoms with van der Waals surface area (Å²) >= 11 is 0. The minimum absolute atomic E-state index is 0.593. The van der Waals surface area contributed by atoms with E-state index in [0.717, 1.165) is 49.8 Å². The normalized spacial score (nSPS) is 15.3. The lowest BCUT2D eigenvalue weighted by Gasteiger charge is -2.33. The van der Waals surface area contributed by atoms with Crippen molar-refractivity contribution in [1.82, 2.24) is 19.9 Å². The van der Waals surface area contributed by atoms with E-state index in [1.807, 2.05) is 54.6 Å². The fourth-order valence-corrected chi connectivity index (χ4v) is 3.37. The molecule has 1 fully saturated rings. The minimum atomic E-state index is 0.593. The Balaban J connectivity index is 1.22. The molecule has 0 N–H and O–H groups in total. The molecule has 7 nitrogen and oxygen atoms in total. The predicted octanol–water partition coefficient (Wildman–Crippen LogP) is 2.94. The molecule has 3 aromatic rings. The lowest BCUT2D eigenvalue weighted by molar-refractivity contribution is 0.104. The summed E-state index contributed by atoms with van der Waals surface area (Å²) in [5, 5.41) is 4.12. The number of nitrogens with zero attached hydrogens (tertiary/aromatic N) is 4. The molecule has 0 saturated carbocycles. The summed E-state index contributed by atoms with van der Waals surface area (Å²) in [7, 11) is 1.65. The molecule has 152 valence electrons. The SMILES string of the molecule is COc1cccc(-c2noc(CN3CCN(CCOc4ccccc4)CC3)n2)c1. The number of rotatable bonds is 8. The third kappa shape index (κ3) is 5.34. The van der Waals surface area contributed by atoms with Crippen LogP contribution in [0.3, 0.4) is 0 Å². The van der Waals surface area contributed by atoms with Gasteiger partial charge in [0.25, 0.3) is 0 Å². The maximum Gasteiger partial charge on any atom is 0.241 e. The second-order valence-electron chi connectivity index (χ2n) is 7.02. The molecule has 0 amide bonds. The average Bonchev–Trinajstić information content (AvgIpc) is 3.24. The molecule has 29 heavy (non-hydrogen) atoms. The fourth-order valence-electron chi connectivity index (χ4n) is 3.37. The zero-order valence-electron chi connectivity index (χ0n) is 16.7. The summed E-state index contributed by atoms with van der Waals surface area (Å²) in [5.41, 5.74) is 0.891. The highest BCUT2D eigenvalue weighted by Crippen LogP contribution is 2.21. The van der Waals surface area contributed by atoms with Gasteiger partial charge in [-0.2, -0.15) is 4.98 Å². The topological polar surface area (TPSA) is 63.9 Å². The molecule has 0 atom stereocenters. The fraction of sp³-hybridized carbons (Fsp3) is 0.364. The number of benzene rings is 2. The van der Waals surface area contributed by atoms with Crippen molar-refractivity contribution in [3.8, 4) is 22.9 Å². The van der Waals surface area contributed by atoms with Gasteiger partial charge in [-0.1, -0.05) is 35.5 Å². The Morgan fingerprint density at radius 1 is 0.931 bits per heavy atom. The molecule has 2 aromatic carbocycles. The standard InChI is InChI=1S/C22H26N4O3/c1-27-20-9-5-6-18(16-20)22-23-21(29-24-22)17-26-12-10-25(11-13-26)14-15-28-19-7-3-2-4-8-19/h2-9,16H,10-15,17H2,1H3. The maximum absolute atomic E-state index is 5.80. The van der Waals surface area contributed by atoms with Gasteiger partial charge >= 0.3 is 0 Å². The Labute approximate surface area is 170 Å². The van der Waals surface area contributed by atoms with Crippen molar-refractivity contribution in [2.24, 2.45) is 0 Å². The van der Waals surface area contributed by atoms with Gasteiger partial charge in [-0.05, 0) is 24.3 Å². The first kappa shape index (κ1) is 19.4. The number of piperazine rings is 1. The molecule has 0 bridgehead atoms. The maximum atomic E-state index is 5.80. The number of hydrogen-bond donors (Lipinski definition) is 0. The van der Waals surface area contributed by atoms with Gasteiger partial charge in [-0.15, -0.1) is 0 Å². The van der Waals surface area contributed by atoms with Gasteiger partial charge in [-0.3, -0.25) is 9.80 Å². The largest absolute Gasteiger partial charge is 0.497 e. The van der Waals surface area contributed by atoms with E-state index in [4.69, 9.17) is 14.0 Å². The van der Waals surface area contributed by atoms with Crippen LogP contribution in [0.15, 0.2) is 59.1 Å². The Morgan fingerprint density at radius 3 is 2.48 bits per heavy atom. The summed E-state index contributed by atoms with van der Waals surface area (Å²) < 4.78 is 16.5. The molecule has 1 aliphatic heterocycles. The molecule has 0 unspecified atom stereocenters. The van der Waals surface area contributed by atoms with E-state index in [2.05, 4.69) is 19.9 Å². The smallest absolute Gasteiger partial charge is 0.241 e. The molecule has 7 heteroatoms. The van der Waals surface area contributed by atoms with Gasteiger partial charge in [-0.25, -0.2) is 0 Å². The lowest BCUT2D eigenvalue weighted by Crippen LogP contribution is -2.47. The van der Waals surface area contributed by atoms with Crippen molar-refractivity contribution < 1.29 is 14.0 Å². The zero-order chi connectivity index (χ0) is 19.9. The van der Waals surface area contributed by atoms with Crippen molar-refractivity contribution in [2.45, 2.75) is 6.54 Å². The van der Waals surface area contributed by atoms with Crippen LogP contribution < -0.4 is 9.47 Å². The van der Waals surface area contributed by atoms with Crippen LogP contribution in [0.1, 0.15) is 5.89 Å². The van der Waals surface area contributed by atoms with Crippen molar-refractivity contribution in [1.29, 1.82) is 0 Å². The predicted molar refractivity (Wildman–Crippen MR) is 110 cm³/mol. The van der Waals surface area contributed by atoms with Gasteiger partial charge < -0.3 is 14.0 Å². The summed E-state index contributed by atoms with van der Waals surface area (Å²) in [6.45, 7) is 6.28. The molecule has 0 radical (unpaired) electrons. The minimum Gasteiger partial charge on any atom is -0.497 e. The summed E-state index contributed by atoms with van der Waals surface area (Å²) in [6, 6.07) is 17.6. The Morgan fingerprint density at radius 2 is 1.69 bits per heavy atom. The molecular formula is C22H26N4O3. The Kier molecular flexibility index (Phi) is 6.38. The van der Waals surface area contributed by atoms with Crippen LogP contribution in [-0.4, -0.2) is 66.4 Å². The first-order valence-electron chi connectivity index (χ1n) is 9.90. The van der Waals surface area contributed by atoms with E-state index in [-0.39, 0.29) is 0 Å². The van der Waals surface area contributed by atoms with Crippen LogP contribution >= 0.6 is 0 Å². The summed E-state index contributed by atoms with van der Waals surface area (Å²) in [6.07, 6.45) is 0. The highest BCUT2D eigenvalue weighted by Gasteiger charge is 2.19. The van der Waals surface area contributed by atoms with Crippen LogP contribution in [0.4, 0.5) is 0 Å². The third-order valence-electron chi connectivity index (χ3n) is 5.04. The van der Waals surface area contributed by atoms with Crippen molar-refractivity contribution in [2.75, 3.05) is 46.4 Å². The molecule has 0 spiro atoms. The number of ether oxygens (including phenoxy) is 2. The first-order valence-corrected chi connectivity index (χ1v) is 9.90. The summed E-state index contributed by atoms with van der Waals surface area (Å²) in [4.78, 5) is 9.31. The number of aromatic nitrogens is 2. The second-order valence-corrected chi connectivity index (χ2v) is 7.02. The van der Waals surface area contributed by atoms with Crippen LogP contribution in [0.2, 0.25) is 0 Å². The number of methoxy groups -OCH3 is 1. The Bertz CT molecular complexity index is 892. The van der Waals surface area contributed by atoms with E-state index < -0.39 is 0 Å². The van der Waals surface area contributed by atoms with Crippen molar-refractivity contribution >= 4 is 0 Å². The molecule has 1 aromatic heterocycles. The van der Waals surface area contributed by atoms with Gasteiger partial charge in [0.1, 0.15) is 18.1 Å². The molecule has 0 aliphatic carbocycles. The third-order valence-corrected chi connectivity index (χ3v) is 5.04. The number of hydrogen-bond acceptors (Lipinski definition) is 7. The quantitative estimate of drug-likeness (QED) is 0.582. The van der Waals surface area contributed by atoms with Crippen LogP contribution in [0.5, 0.6) is 11.5 Å². The van der Waals surface area contributed by atoms with Gasteiger partial charge in [0.2, 0.25) is 11.7 Å². The van der Waals surface area contributed by atoms with E-state index in [1.54, 1.807) is 7.11 Å². The van der Waals surface area contributed by atoms with E-state index in [1.165, 1.54) is 0 Å². The van der Waals surface area contributed by atoms with Crippen LogP contribution in [-0.2, 0) is 6.54 Å². The average molecular weight is 394 g/mol. The van der Waals surface area contributed by atoms with Gasteiger partial charge in [0.15, 0.2) is 0 Å².